The molecule has 162 valence electrons. The number of likely N-dealkylation sites (N-methyl/N-ethyl adjacent to an activating group) is 1. The quantitative estimate of drug-likeness (QED) is 0.662. The molecule has 2 N–H and O–H groups in total. The van der Waals surface area contributed by atoms with Crippen LogP contribution < -0.4 is 10.1 Å². The molecular formula is C24H32N2O4. The highest BCUT2D eigenvalue weighted by Gasteiger charge is 2.39. The van der Waals surface area contributed by atoms with E-state index in [2.05, 4.69) is 5.32 Å². The number of rotatable bonds is 9. The van der Waals surface area contributed by atoms with Gasteiger partial charge >= 0.3 is 0 Å². The number of aliphatic hydroxyl groups is 1. The van der Waals surface area contributed by atoms with Gasteiger partial charge in [-0.1, -0.05) is 42.5 Å². The molecule has 0 saturated heterocycles. The fourth-order valence-corrected chi connectivity index (χ4v) is 3.20. The van der Waals surface area contributed by atoms with Gasteiger partial charge in [0.1, 0.15) is 12.4 Å². The normalized spacial score (nSPS) is 12.4. The third-order valence-corrected chi connectivity index (χ3v) is 4.83. The summed E-state index contributed by atoms with van der Waals surface area (Å²) in [6.07, 6.45) is -1.05. The van der Waals surface area contributed by atoms with Crippen molar-refractivity contribution in [1.82, 2.24) is 10.2 Å². The molecule has 6 nitrogen and oxygen atoms in total. The number of ether oxygens (including phenoxy) is 1. The second kappa shape index (κ2) is 10.3. The van der Waals surface area contributed by atoms with Crippen molar-refractivity contribution in [1.29, 1.82) is 0 Å². The molecule has 2 aromatic rings. The molecule has 0 bridgehead atoms. The predicted molar refractivity (Wildman–Crippen MR) is 117 cm³/mol. The average molecular weight is 413 g/mol. The zero-order valence-corrected chi connectivity index (χ0v) is 18.4. The SMILES string of the molecule is CC(C)NC(=O)CN(C)C(=O)C(C)(C)C(O)c1cccc(OCc2ccccc2)c1. The summed E-state index contributed by atoms with van der Waals surface area (Å²) in [6.45, 7) is 7.42. The molecule has 6 heteroatoms. The molecule has 0 saturated carbocycles. The van der Waals surface area contributed by atoms with Crippen LogP contribution in [-0.2, 0) is 16.2 Å². The van der Waals surface area contributed by atoms with E-state index < -0.39 is 11.5 Å². The molecule has 0 aliphatic heterocycles. The topological polar surface area (TPSA) is 78.9 Å². The van der Waals surface area contributed by atoms with E-state index in [9.17, 15) is 14.7 Å². The number of carbonyl (C=O) groups excluding carboxylic acids is 2. The van der Waals surface area contributed by atoms with Crippen LogP contribution in [0.25, 0.3) is 0 Å². The summed E-state index contributed by atoms with van der Waals surface area (Å²) < 4.78 is 5.83. The monoisotopic (exact) mass is 412 g/mol. The van der Waals surface area contributed by atoms with Crippen molar-refractivity contribution in [3.8, 4) is 5.75 Å². The Morgan fingerprint density at radius 3 is 2.40 bits per heavy atom. The summed E-state index contributed by atoms with van der Waals surface area (Å²) in [5.41, 5.74) is 0.504. The maximum atomic E-state index is 13.0. The second-order valence-electron chi connectivity index (χ2n) is 8.35. The Hall–Kier alpha value is -2.86. The Labute approximate surface area is 178 Å². The minimum absolute atomic E-state index is 0.00164. The zero-order chi connectivity index (χ0) is 22.3. The molecule has 0 radical (unpaired) electrons. The number of benzene rings is 2. The van der Waals surface area contributed by atoms with Crippen molar-refractivity contribution in [2.24, 2.45) is 5.41 Å². The van der Waals surface area contributed by atoms with Crippen LogP contribution >= 0.6 is 0 Å². The highest BCUT2D eigenvalue weighted by molar-refractivity contribution is 5.88. The predicted octanol–water partition coefficient (Wildman–Crippen LogP) is 3.31. The minimum atomic E-state index is -1.12. The van der Waals surface area contributed by atoms with Gasteiger partial charge in [-0.2, -0.15) is 0 Å². The molecule has 0 spiro atoms. The Bertz CT molecular complexity index is 849. The smallest absolute Gasteiger partial charge is 0.239 e. The van der Waals surface area contributed by atoms with Crippen LogP contribution in [0.15, 0.2) is 54.6 Å². The second-order valence-corrected chi connectivity index (χ2v) is 8.35. The molecule has 0 aromatic heterocycles. The van der Waals surface area contributed by atoms with Crippen LogP contribution in [0.3, 0.4) is 0 Å². The van der Waals surface area contributed by atoms with Gasteiger partial charge in [-0.15, -0.1) is 0 Å². The van der Waals surface area contributed by atoms with Gasteiger partial charge in [0.15, 0.2) is 0 Å². The number of hydrogen-bond acceptors (Lipinski definition) is 4. The average Bonchev–Trinajstić information content (AvgIpc) is 2.71. The first-order valence-corrected chi connectivity index (χ1v) is 10.1. The fraction of sp³-hybridized carbons (Fsp3) is 0.417. The number of nitrogens with one attached hydrogen (secondary N) is 1. The molecule has 0 fully saturated rings. The molecular weight excluding hydrogens is 380 g/mol. The first-order valence-electron chi connectivity index (χ1n) is 10.1. The van der Waals surface area contributed by atoms with E-state index in [-0.39, 0.29) is 24.4 Å². The highest BCUT2D eigenvalue weighted by atomic mass is 16.5. The molecule has 0 aliphatic rings. The third-order valence-electron chi connectivity index (χ3n) is 4.83. The number of hydrogen-bond donors (Lipinski definition) is 2. The Morgan fingerprint density at radius 2 is 1.77 bits per heavy atom. The molecule has 1 atom stereocenters. The van der Waals surface area contributed by atoms with Gasteiger partial charge in [0, 0.05) is 13.1 Å². The van der Waals surface area contributed by atoms with Crippen molar-refractivity contribution in [2.75, 3.05) is 13.6 Å². The summed E-state index contributed by atoms with van der Waals surface area (Å²) in [5, 5.41) is 13.7. The van der Waals surface area contributed by atoms with E-state index in [4.69, 9.17) is 4.74 Å². The summed E-state index contributed by atoms with van der Waals surface area (Å²) in [4.78, 5) is 26.3. The molecule has 2 aromatic carbocycles. The van der Waals surface area contributed by atoms with E-state index in [1.54, 1.807) is 39.1 Å². The maximum absolute atomic E-state index is 13.0. The third kappa shape index (κ3) is 6.32. The summed E-state index contributed by atoms with van der Waals surface area (Å²) >= 11 is 0. The Kier molecular flexibility index (Phi) is 8.00. The molecule has 30 heavy (non-hydrogen) atoms. The fourth-order valence-electron chi connectivity index (χ4n) is 3.20. The lowest BCUT2D eigenvalue weighted by Crippen LogP contribution is -2.47. The Balaban J connectivity index is 2.06. The first kappa shape index (κ1) is 23.4. The molecule has 2 rings (SSSR count). The van der Waals surface area contributed by atoms with Crippen LogP contribution in [0.1, 0.15) is 44.9 Å². The van der Waals surface area contributed by atoms with Gasteiger partial charge < -0.3 is 20.1 Å². The van der Waals surface area contributed by atoms with Crippen LogP contribution in [0, 0.1) is 5.41 Å². The molecule has 1 unspecified atom stereocenters. The van der Waals surface area contributed by atoms with Gasteiger partial charge in [0.2, 0.25) is 11.8 Å². The van der Waals surface area contributed by atoms with Gasteiger partial charge in [-0.05, 0) is 51.0 Å². The van der Waals surface area contributed by atoms with Gasteiger partial charge in [-0.3, -0.25) is 9.59 Å². The van der Waals surface area contributed by atoms with Gasteiger partial charge in [0.05, 0.1) is 18.1 Å². The van der Waals surface area contributed by atoms with E-state index in [1.165, 1.54) is 4.90 Å². The largest absolute Gasteiger partial charge is 0.489 e. The lowest BCUT2D eigenvalue weighted by molar-refractivity contribution is -0.148. The molecule has 2 amide bonds. The van der Waals surface area contributed by atoms with Crippen LogP contribution in [0.2, 0.25) is 0 Å². The standard InChI is InChI=1S/C24H32N2O4/c1-17(2)25-21(27)15-26(5)23(29)24(3,4)22(28)19-12-9-13-20(14-19)30-16-18-10-7-6-8-11-18/h6-14,17,22,28H,15-16H2,1-5H3,(H,25,27). The van der Waals surface area contributed by atoms with Crippen molar-refractivity contribution in [3.63, 3.8) is 0 Å². The lowest BCUT2D eigenvalue weighted by Gasteiger charge is -2.33. The summed E-state index contributed by atoms with van der Waals surface area (Å²) in [6, 6.07) is 16.9. The van der Waals surface area contributed by atoms with Crippen molar-refractivity contribution < 1.29 is 19.4 Å². The molecule has 0 aliphatic carbocycles. The minimum Gasteiger partial charge on any atom is -0.489 e. The van der Waals surface area contributed by atoms with E-state index in [1.807, 2.05) is 50.2 Å². The van der Waals surface area contributed by atoms with Crippen LogP contribution in [-0.4, -0.2) is 41.5 Å². The maximum Gasteiger partial charge on any atom is 0.239 e. The summed E-state index contributed by atoms with van der Waals surface area (Å²) in [5.74, 6) is 0.0651. The number of amides is 2. The first-order chi connectivity index (χ1) is 14.1. The van der Waals surface area contributed by atoms with Gasteiger partial charge in [-0.25, -0.2) is 0 Å². The molecule has 0 heterocycles. The van der Waals surface area contributed by atoms with Crippen LogP contribution in [0.5, 0.6) is 5.75 Å². The number of nitrogens with zero attached hydrogens (tertiary/aromatic N) is 1. The zero-order valence-electron chi connectivity index (χ0n) is 18.4. The van der Waals surface area contributed by atoms with Crippen LogP contribution in [0.4, 0.5) is 0 Å². The van der Waals surface area contributed by atoms with Crippen molar-refractivity contribution >= 4 is 11.8 Å². The summed E-state index contributed by atoms with van der Waals surface area (Å²) in [7, 11) is 1.57. The highest BCUT2D eigenvalue weighted by Crippen LogP contribution is 2.36. The van der Waals surface area contributed by atoms with E-state index in [0.29, 0.717) is 17.9 Å². The number of carbonyl (C=O) groups is 2. The number of aliphatic hydroxyl groups excluding tert-OH is 1. The van der Waals surface area contributed by atoms with E-state index in [0.717, 1.165) is 5.56 Å². The van der Waals surface area contributed by atoms with Crippen molar-refractivity contribution in [3.05, 3.63) is 65.7 Å². The van der Waals surface area contributed by atoms with E-state index >= 15 is 0 Å². The lowest BCUT2D eigenvalue weighted by atomic mass is 9.81. The van der Waals surface area contributed by atoms with Gasteiger partial charge in [0.25, 0.3) is 0 Å². The Morgan fingerprint density at radius 1 is 1.10 bits per heavy atom. The van der Waals surface area contributed by atoms with Crippen molar-refractivity contribution in [2.45, 2.75) is 46.4 Å².